The minimum absolute atomic E-state index is 0. The molecule has 0 saturated carbocycles. The van der Waals surface area contributed by atoms with Crippen LogP contribution in [0.4, 0.5) is 14.9 Å². The Hall–Kier alpha value is -1.86. The maximum Gasteiger partial charge on any atom is 0.319 e. The first kappa shape index (κ1) is 22.4. The second-order valence-corrected chi connectivity index (χ2v) is 7.71. The van der Waals surface area contributed by atoms with Crippen LogP contribution in [0.3, 0.4) is 0 Å². The molecule has 0 aliphatic carbocycles. The van der Waals surface area contributed by atoms with Crippen molar-refractivity contribution in [2.75, 3.05) is 31.5 Å². The van der Waals surface area contributed by atoms with Crippen molar-refractivity contribution in [2.45, 2.75) is 38.6 Å². The highest BCUT2D eigenvalue weighted by Gasteiger charge is 2.31. The molecule has 1 aromatic carbocycles. The molecule has 2 heterocycles. The molecule has 1 aromatic rings. The van der Waals surface area contributed by atoms with Gasteiger partial charge in [0.15, 0.2) is 0 Å². The summed E-state index contributed by atoms with van der Waals surface area (Å²) in [5.41, 5.74) is 0.424. The Balaban J connectivity index is 0.00000280. The van der Waals surface area contributed by atoms with Gasteiger partial charge in [-0.3, -0.25) is 4.79 Å². The van der Waals surface area contributed by atoms with Crippen molar-refractivity contribution >= 4 is 30.0 Å². The number of carbonyl (C=O) groups is 2. The zero-order valence-corrected chi connectivity index (χ0v) is 17.1. The van der Waals surface area contributed by atoms with Crippen molar-refractivity contribution in [3.05, 3.63) is 30.1 Å². The monoisotopic (exact) mass is 412 g/mol. The molecule has 1 unspecified atom stereocenters. The molecular weight excluding hydrogens is 383 g/mol. The lowest BCUT2D eigenvalue weighted by Gasteiger charge is -2.37. The third-order valence-corrected chi connectivity index (χ3v) is 5.44. The Morgan fingerprint density at radius 3 is 2.89 bits per heavy atom. The highest BCUT2D eigenvalue weighted by atomic mass is 35.5. The SMILES string of the molecule is C[C@H]1C[C@@H](C(=O)N2CCCC(CNC(=O)Nc3cccc(F)c3)C2)CCN1.Cl. The second-order valence-electron chi connectivity index (χ2n) is 7.71. The van der Waals surface area contributed by atoms with E-state index in [1.54, 1.807) is 12.1 Å². The number of anilines is 1. The summed E-state index contributed by atoms with van der Waals surface area (Å²) in [4.78, 5) is 26.8. The van der Waals surface area contributed by atoms with Gasteiger partial charge in [-0.25, -0.2) is 9.18 Å². The number of rotatable bonds is 4. The van der Waals surface area contributed by atoms with Gasteiger partial charge in [-0.2, -0.15) is 0 Å². The zero-order valence-electron chi connectivity index (χ0n) is 16.2. The number of benzene rings is 1. The number of piperidine rings is 2. The maximum atomic E-state index is 13.2. The molecule has 3 atom stereocenters. The van der Waals surface area contributed by atoms with Crippen molar-refractivity contribution in [2.24, 2.45) is 11.8 Å². The van der Waals surface area contributed by atoms with Gasteiger partial charge in [0, 0.05) is 37.3 Å². The molecule has 2 aliphatic rings. The highest BCUT2D eigenvalue weighted by molar-refractivity contribution is 5.89. The quantitative estimate of drug-likeness (QED) is 0.711. The minimum atomic E-state index is -0.388. The van der Waals surface area contributed by atoms with Gasteiger partial charge >= 0.3 is 6.03 Å². The molecule has 156 valence electrons. The second kappa shape index (κ2) is 10.6. The number of nitrogens with one attached hydrogen (secondary N) is 3. The predicted octanol–water partition coefficient (Wildman–Crippen LogP) is 3.00. The van der Waals surface area contributed by atoms with E-state index in [2.05, 4.69) is 22.9 Å². The molecule has 3 N–H and O–H groups in total. The fraction of sp³-hybridized carbons (Fsp3) is 0.600. The number of urea groups is 1. The van der Waals surface area contributed by atoms with Crippen LogP contribution >= 0.6 is 12.4 Å². The van der Waals surface area contributed by atoms with Gasteiger partial charge in [-0.15, -0.1) is 12.4 Å². The fourth-order valence-electron chi connectivity index (χ4n) is 4.02. The van der Waals surface area contributed by atoms with E-state index in [0.29, 0.717) is 24.8 Å². The zero-order chi connectivity index (χ0) is 19.2. The van der Waals surface area contributed by atoms with Gasteiger partial charge < -0.3 is 20.9 Å². The normalized spacial score (nSPS) is 24.8. The van der Waals surface area contributed by atoms with Crippen LogP contribution in [0, 0.1) is 17.7 Å². The third kappa shape index (κ3) is 6.34. The van der Waals surface area contributed by atoms with E-state index in [1.165, 1.54) is 12.1 Å². The van der Waals surface area contributed by atoms with E-state index < -0.39 is 0 Å². The van der Waals surface area contributed by atoms with Gasteiger partial charge in [-0.05, 0) is 63.3 Å². The molecule has 0 radical (unpaired) electrons. The molecule has 2 aliphatic heterocycles. The van der Waals surface area contributed by atoms with Crippen LogP contribution in [0.2, 0.25) is 0 Å². The number of nitrogens with zero attached hydrogens (tertiary/aromatic N) is 1. The molecule has 2 fully saturated rings. The summed E-state index contributed by atoms with van der Waals surface area (Å²) >= 11 is 0. The maximum absolute atomic E-state index is 13.2. The predicted molar refractivity (Wildman–Crippen MR) is 110 cm³/mol. The van der Waals surface area contributed by atoms with E-state index in [0.717, 1.165) is 38.8 Å². The van der Waals surface area contributed by atoms with Crippen LogP contribution in [-0.4, -0.2) is 49.1 Å². The number of halogens is 2. The molecule has 28 heavy (non-hydrogen) atoms. The van der Waals surface area contributed by atoms with E-state index in [1.807, 2.05) is 4.90 Å². The number of carbonyl (C=O) groups excluding carboxylic acids is 2. The van der Waals surface area contributed by atoms with Gasteiger partial charge in [0.2, 0.25) is 5.91 Å². The van der Waals surface area contributed by atoms with Crippen LogP contribution in [0.5, 0.6) is 0 Å². The molecule has 0 spiro atoms. The molecule has 0 aromatic heterocycles. The lowest BCUT2D eigenvalue weighted by atomic mass is 9.90. The fourth-order valence-corrected chi connectivity index (χ4v) is 4.02. The van der Waals surface area contributed by atoms with Crippen molar-refractivity contribution in [1.29, 1.82) is 0 Å². The largest absolute Gasteiger partial charge is 0.342 e. The number of amides is 3. The Kier molecular flexibility index (Phi) is 8.51. The smallest absolute Gasteiger partial charge is 0.319 e. The van der Waals surface area contributed by atoms with Crippen LogP contribution < -0.4 is 16.0 Å². The Labute approximate surface area is 172 Å². The van der Waals surface area contributed by atoms with Crippen molar-refractivity contribution in [3.63, 3.8) is 0 Å². The molecule has 3 rings (SSSR count). The Morgan fingerprint density at radius 1 is 1.32 bits per heavy atom. The summed E-state index contributed by atoms with van der Waals surface area (Å²) in [5.74, 6) is 0.239. The molecule has 3 amide bonds. The van der Waals surface area contributed by atoms with Gasteiger partial charge in [0.05, 0.1) is 0 Å². The van der Waals surface area contributed by atoms with E-state index in [9.17, 15) is 14.0 Å². The highest BCUT2D eigenvalue weighted by Crippen LogP contribution is 2.23. The lowest BCUT2D eigenvalue weighted by Crippen LogP contribution is -2.49. The number of hydrogen-bond donors (Lipinski definition) is 3. The van der Waals surface area contributed by atoms with Gasteiger partial charge in [0.25, 0.3) is 0 Å². The summed E-state index contributed by atoms with van der Waals surface area (Å²) < 4.78 is 13.2. The topological polar surface area (TPSA) is 73.5 Å². The molecule has 8 heteroatoms. The summed E-state index contributed by atoms with van der Waals surface area (Å²) in [6, 6.07) is 5.85. The van der Waals surface area contributed by atoms with Crippen molar-refractivity contribution in [1.82, 2.24) is 15.5 Å². The van der Waals surface area contributed by atoms with Gasteiger partial charge in [0.1, 0.15) is 5.82 Å². The van der Waals surface area contributed by atoms with Crippen LogP contribution in [0.25, 0.3) is 0 Å². The summed E-state index contributed by atoms with van der Waals surface area (Å²) in [6.07, 6.45) is 3.75. The first-order chi connectivity index (χ1) is 13.0. The van der Waals surface area contributed by atoms with Gasteiger partial charge in [-0.1, -0.05) is 6.07 Å². The summed E-state index contributed by atoms with van der Waals surface area (Å²) in [7, 11) is 0. The van der Waals surface area contributed by atoms with E-state index in [-0.39, 0.29) is 42.0 Å². The first-order valence-corrected chi connectivity index (χ1v) is 9.84. The van der Waals surface area contributed by atoms with Crippen LogP contribution in [0.15, 0.2) is 24.3 Å². The summed E-state index contributed by atoms with van der Waals surface area (Å²) in [6.45, 7) is 5.03. The standard InChI is InChI=1S/C20H29FN4O2.ClH/c1-14-10-16(7-8-22-14)19(26)25-9-3-4-15(13-25)12-23-20(27)24-18-6-2-5-17(21)11-18;/h2,5-6,11,14-16,22H,3-4,7-10,12-13H2,1H3,(H2,23,24,27);1H/t14-,15?,16-;/m0./s1. The van der Waals surface area contributed by atoms with E-state index >= 15 is 0 Å². The first-order valence-electron chi connectivity index (χ1n) is 9.84. The minimum Gasteiger partial charge on any atom is -0.342 e. The average molecular weight is 413 g/mol. The molecule has 0 bridgehead atoms. The van der Waals surface area contributed by atoms with E-state index in [4.69, 9.17) is 0 Å². The Bertz CT molecular complexity index is 675. The van der Waals surface area contributed by atoms with Crippen LogP contribution in [0.1, 0.15) is 32.6 Å². The molecule has 6 nitrogen and oxygen atoms in total. The summed E-state index contributed by atoms with van der Waals surface area (Å²) in [5, 5.41) is 8.87. The Morgan fingerprint density at radius 2 is 2.14 bits per heavy atom. The molecular formula is C20H30ClFN4O2. The van der Waals surface area contributed by atoms with Crippen molar-refractivity contribution < 1.29 is 14.0 Å². The number of hydrogen-bond acceptors (Lipinski definition) is 3. The molecule has 2 saturated heterocycles. The lowest BCUT2D eigenvalue weighted by molar-refractivity contribution is -0.138. The van der Waals surface area contributed by atoms with Crippen molar-refractivity contribution in [3.8, 4) is 0 Å². The van der Waals surface area contributed by atoms with Crippen LogP contribution in [-0.2, 0) is 4.79 Å². The number of likely N-dealkylation sites (tertiary alicyclic amines) is 1. The third-order valence-electron chi connectivity index (χ3n) is 5.44. The average Bonchev–Trinajstić information content (AvgIpc) is 2.66.